The Morgan fingerprint density at radius 1 is 1.11 bits per heavy atom. The van der Waals surface area contributed by atoms with E-state index in [1.807, 2.05) is 62.6 Å². The molecule has 100 valence electrons. The maximum atomic E-state index is 10.5. The van der Waals surface area contributed by atoms with Gasteiger partial charge >= 0.3 is 0 Å². The second-order valence-corrected chi connectivity index (χ2v) is 5.33. The second kappa shape index (κ2) is 6.20. The molecule has 0 saturated carbocycles. The molecule has 0 amide bonds. The van der Waals surface area contributed by atoms with E-state index in [1.54, 1.807) is 0 Å². The van der Waals surface area contributed by atoms with E-state index >= 15 is 0 Å². The molecule has 2 aromatic rings. The van der Waals surface area contributed by atoms with Crippen molar-refractivity contribution in [2.45, 2.75) is 12.6 Å². The number of rotatable bonds is 4. The van der Waals surface area contributed by atoms with Crippen LogP contribution in [0.1, 0.15) is 22.8 Å². The van der Waals surface area contributed by atoms with Crippen molar-refractivity contribution in [2.75, 3.05) is 14.1 Å². The van der Waals surface area contributed by atoms with Gasteiger partial charge < -0.3 is 10.0 Å². The molecule has 2 rings (SSSR count). The van der Waals surface area contributed by atoms with Crippen molar-refractivity contribution in [1.29, 1.82) is 0 Å². The molecule has 0 spiro atoms. The van der Waals surface area contributed by atoms with E-state index in [0.717, 1.165) is 23.2 Å². The normalized spacial score (nSPS) is 12.7. The average molecular weight is 276 g/mol. The molecule has 0 heterocycles. The van der Waals surface area contributed by atoms with Gasteiger partial charge in [-0.3, -0.25) is 0 Å². The highest BCUT2D eigenvalue weighted by molar-refractivity contribution is 6.30. The van der Waals surface area contributed by atoms with Gasteiger partial charge in [-0.05, 0) is 42.9 Å². The maximum absolute atomic E-state index is 10.5. The molecule has 0 bridgehead atoms. The third kappa shape index (κ3) is 3.57. The highest BCUT2D eigenvalue weighted by Gasteiger charge is 2.15. The molecule has 0 aromatic heterocycles. The Hall–Kier alpha value is -1.35. The number of halogens is 1. The summed E-state index contributed by atoms with van der Waals surface area (Å²) in [4.78, 5) is 2.07. The van der Waals surface area contributed by atoms with Crippen LogP contribution in [0.25, 0.3) is 0 Å². The van der Waals surface area contributed by atoms with Crippen molar-refractivity contribution >= 4 is 11.6 Å². The summed E-state index contributed by atoms with van der Waals surface area (Å²) in [6, 6.07) is 15.3. The Bertz CT molecular complexity index is 540. The molecule has 0 aliphatic heterocycles. The molecule has 0 aliphatic rings. The third-order valence-corrected chi connectivity index (χ3v) is 3.24. The molecule has 0 fully saturated rings. The first-order valence-electron chi connectivity index (χ1n) is 6.24. The Morgan fingerprint density at radius 2 is 1.79 bits per heavy atom. The third-order valence-electron chi connectivity index (χ3n) is 3.00. The monoisotopic (exact) mass is 275 g/mol. The minimum absolute atomic E-state index is 0.644. The van der Waals surface area contributed by atoms with Gasteiger partial charge in [0.05, 0.1) is 0 Å². The molecular weight excluding hydrogens is 258 g/mol. The van der Waals surface area contributed by atoms with Crippen LogP contribution in [0.4, 0.5) is 0 Å². The summed E-state index contributed by atoms with van der Waals surface area (Å²) in [5, 5.41) is 11.2. The van der Waals surface area contributed by atoms with Gasteiger partial charge in [0, 0.05) is 11.6 Å². The zero-order valence-corrected chi connectivity index (χ0v) is 11.9. The molecular formula is C16H18ClNO. The molecule has 0 radical (unpaired) electrons. The summed E-state index contributed by atoms with van der Waals surface area (Å²) in [5.41, 5.74) is 2.84. The van der Waals surface area contributed by atoms with E-state index in [-0.39, 0.29) is 0 Å². The highest BCUT2D eigenvalue weighted by atomic mass is 35.5. The lowest BCUT2D eigenvalue weighted by Crippen LogP contribution is -2.14. The fourth-order valence-corrected chi connectivity index (χ4v) is 2.30. The predicted molar refractivity (Wildman–Crippen MR) is 79.3 cm³/mol. The molecule has 2 aromatic carbocycles. The van der Waals surface area contributed by atoms with Crippen molar-refractivity contribution in [2.24, 2.45) is 0 Å². The van der Waals surface area contributed by atoms with Crippen LogP contribution in [0.15, 0.2) is 48.5 Å². The molecule has 2 nitrogen and oxygen atoms in total. The van der Waals surface area contributed by atoms with E-state index < -0.39 is 6.10 Å². The van der Waals surface area contributed by atoms with Crippen LogP contribution in [0.3, 0.4) is 0 Å². The first kappa shape index (κ1) is 14.1. The van der Waals surface area contributed by atoms with E-state index in [1.165, 1.54) is 0 Å². The first-order chi connectivity index (χ1) is 9.08. The lowest BCUT2D eigenvalue weighted by molar-refractivity contribution is 0.217. The lowest BCUT2D eigenvalue weighted by Gasteiger charge is -2.19. The molecule has 1 N–H and O–H groups in total. The number of hydrogen-bond acceptors (Lipinski definition) is 2. The van der Waals surface area contributed by atoms with Gasteiger partial charge in [0.15, 0.2) is 0 Å². The number of nitrogens with zero attached hydrogens (tertiary/aromatic N) is 1. The van der Waals surface area contributed by atoms with Crippen molar-refractivity contribution in [1.82, 2.24) is 4.90 Å². The number of hydrogen-bond donors (Lipinski definition) is 1. The topological polar surface area (TPSA) is 23.5 Å². The van der Waals surface area contributed by atoms with Crippen LogP contribution >= 0.6 is 11.6 Å². The molecule has 0 saturated heterocycles. The summed E-state index contributed by atoms with van der Waals surface area (Å²) in [7, 11) is 4.01. The first-order valence-corrected chi connectivity index (χ1v) is 6.62. The molecule has 19 heavy (non-hydrogen) atoms. The van der Waals surface area contributed by atoms with Crippen molar-refractivity contribution in [3.05, 3.63) is 70.2 Å². The Labute approximate surface area is 119 Å². The van der Waals surface area contributed by atoms with E-state index in [0.29, 0.717) is 5.02 Å². The van der Waals surface area contributed by atoms with Crippen LogP contribution in [0.2, 0.25) is 5.02 Å². The van der Waals surface area contributed by atoms with Gasteiger partial charge in [0.1, 0.15) is 6.10 Å². The Morgan fingerprint density at radius 3 is 2.42 bits per heavy atom. The zero-order valence-electron chi connectivity index (χ0n) is 11.2. The van der Waals surface area contributed by atoms with E-state index in [9.17, 15) is 5.11 Å². The van der Waals surface area contributed by atoms with Crippen LogP contribution in [-0.4, -0.2) is 24.1 Å². The summed E-state index contributed by atoms with van der Waals surface area (Å²) in [6.07, 6.45) is -0.644. The predicted octanol–water partition coefficient (Wildman–Crippen LogP) is 3.48. The second-order valence-electron chi connectivity index (χ2n) is 4.89. The minimum Gasteiger partial charge on any atom is -0.384 e. The number of benzene rings is 2. The number of aliphatic hydroxyl groups is 1. The van der Waals surface area contributed by atoms with Crippen molar-refractivity contribution < 1.29 is 5.11 Å². The Balaban J connectivity index is 2.39. The fourth-order valence-electron chi connectivity index (χ4n) is 2.12. The summed E-state index contributed by atoms with van der Waals surface area (Å²) < 4.78 is 0. The van der Waals surface area contributed by atoms with Gasteiger partial charge in [-0.2, -0.15) is 0 Å². The molecule has 0 aliphatic carbocycles. The van der Waals surface area contributed by atoms with E-state index in [4.69, 9.17) is 11.6 Å². The quantitative estimate of drug-likeness (QED) is 0.923. The zero-order chi connectivity index (χ0) is 13.8. The van der Waals surface area contributed by atoms with Gasteiger partial charge in [0.25, 0.3) is 0 Å². The standard InChI is InChI=1S/C16H18ClNO/c1-18(2)11-13-8-9-14(17)10-15(13)16(19)12-6-4-3-5-7-12/h3-10,16,19H,11H2,1-2H3. The molecule has 1 unspecified atom stereocenters. The van der Waals surface area contributed by atoms with Crippen molar-refractivity contribution in [3.63, 3.8) is 0 Å². The van der Waals surface area contributed by atoms with Crippen LogP contribution in [-0.2, 0) is 6.54 Å². The summed E-state index contributed by atoms with van der Waals surface area (Å²) in [6.45, 7) is 0.774. The maximum Gasteiger partial charge on any atom is 0.104 e. The SMILES string of the molecule is CN(C)Cc1ccc(Cl)cc1C(O)c1ccccc1. The fraction of sp³-hybridized carbons (Fsp3) is 0.250. The van der Waals surface area contributed by atoms with Gasteiger partial charge in [0.2, 0.25) is 0 Å². The van der Waals surface area contributed by atoms with Gasteiger partial charge in [-0.25, -0.2) is 0 Å². The smallest absolute Gasteiger partial charge is 0.104 e. The number of aliphatic hydroxyl groups excluding tert-OH is 1. The van der Waals surface area contributed by atoms with Crippen LogP contribution < -0.4 is 0 Å². The highest BCUT2D eigenvalue weighted by Crippen LogP contribution is 2.28. The minimum atomic E-state index is -0.644. The lowest BCUT2D eigenvalue weighted by atomic mass is 9.96. The van der Waals surface area contributed by atoms with Crippen LogP contribution in [0.5, 0.6) is 0 Å². The van der Waals surface area contributed by atoms with Crippen LogP contribution in [0, 0.1) is 0 Å². The van der Waals surface area contributed by atoms with Gasteiger partial charge in [-0.15, -0.1) is 0 Å². The van der Waals surface area contributed by atoms with Gasteiger partial charge in [-0.1, -0.05) is 48.0 Å². The summed E-state index contributed by atoms with van der Waals surface area (Å²) >= 11 is 6.06. The molecule has 1 atom stereocenters. The molecule has 3 heteroatoms. The van der Waals surface area contributed by atoms with Crippen molar-refractivity contribution in [3.8, 4) is 0 Å². The summed E-state index contributed by atoms with van der Waals surface area (Å²) in [5.74, 6) is 0. The van der Waals surface area contributed by atoms with E-state index in [2.05, 4.69) is 4.90 Å². The largest absolute Gasteiger partial charge is 0.384 e. The Kier molecular flexibility index (Phi) is 4.59. The average Bonchev–Trinajstić information content (AvgIpc) is 2.40.